The van der Waals surface area contributed by atoms with E-state index < -0.39 is 0 Å². The van der Waals surface area contributed by atoms with Gasteiger partial charge in [-0.25, -0.2) is 0 Å². The molecule has 1 heterocycles. The Hall–Kier alpha value is -1.80. The molecule has 2 heteroatoms. The van der Waals surface area contributed by atoms with Gasteiger partial charge in [0.2, 0.25) is 0 Å². The van der Waals surface area contributed by atoms with Gasteiger partial charge in [-0.05, 0) is 48.9 Å². The van der Waals surface area contributed by atoms with Gasteiger partial charge in [0.05, 0.1) is 0 Å². The zero-order chi connectivity index (χ0) is 14.7. The number of anilines is 1. The summed E-state index contributed by atoms with van der Waals surface area (Å²) in [5.74, 6) is 0. The van der Waals surface area contributed by atoms with Crippen molar-refractivity contribution in [3.8, 4) is 0 Å². The van der Waals surface area contributed by atoms with Crippen LogP contribution >= 0.6 is 0 Å². The molecule has 0 aliphatic carbocycles. The van der Waals surface area contributed by atoms with Gasteiger partial charge >= 0.3 is 0 Å². The van der Waals surface area contributed by atoms with E-state index in [-0.39, 0.29) is 0 Å². The minimum Gasteiger partial charge on any atom is -0.385 e. The molecular weight excluding hydrogens is 256 g/mol. The third-order valence-corrected chi connectivity index (χ3v) is 4.42. The fourth-order valence-electron chi connectivity index (χ4n) is 3.17. The van der Waals surface area contributed by atoms with Crippen molar-refractivity contribution in [2.75, 3.05) is 11.9 Å². The third kappa shape index (κ3) is 3.11. The molecule has 0 spiro atoms. The molecule has 3 rings (SSSR count). The Labute approximate surface area is 127 Å². The molecule has 0 amide bonds. The molecule has 0 saturated carbocycles. The van der Waals surface area contributed by atoms with E-state index in [2.05, 4.69) is 66.9 Å². The summed E-state index contributed by atoms with van der Waals surface area (Å²) in [6.07, 6.45) is 2.44. The van der Waals surface area contributed by atoms with E-state index in [0.29, 0.717) is 6.04 Å². The lowest BCUT2D eigenvalue weighted by atomic mass is 9.98. The number of nitrogens with one attached hydrogen (secondary N) is 2. The fourth-order valence-corrected chi connectivity index (χ4v) is 3.17. The smallest absolute Gasteiger partial charge is 0.0418 e. The molecule has 21 heavy (non-hydrogen) atoms. The van der Waals surface area contributed by atoms with Crippen molar-refractivity contribution in [1.29, 1.82) is 0 Å². The predicted octanol–water partition coefficient (Wildman–Crippen LogP) is 4.20. The summed E-state index contributed by atoms with van der Waals surface area (Å²) in [6, 6.07) is 15.6. The summed E-state index contributed by atoms with van der Waals surface area (Å²) < 4.78 is 0. The second kappa shape index (κ2) is 6.31. The van der Waals surface area contributed by atoms with E-state index in [1.54, 1.807) is 0 Å². The monoisotopic (exact) mass is 280 g/mol. The molecule has 2 aromatic carbocycles. The average molecular weight is 280 g/mol. The highest BCUT2D eigenvalue weighted by Crippen LogP contribution is 2.26. The largest absolute Gasteiger partial charge is 0.385 e. The number of hydrogen-bond acceptors (Lipinski definition) is 2. The van der Waals surface area contributed by atoms with Gasteiger partial charge in [-0.1, -0.05) is 42.5 Å². The van der Waals surface area contributed by atoms with E-state index in [9.17, 15) is 0 Å². The molecule has 0 saturated heterocycles. The van der Waals surface area contributed by atoms with Crippen LogP contribution in [0.5, 0.6) is 0 Å². The molecule has 0 unspecified atom stereocenters. The zero-order valence-corrected chi connectivity index (χ0v) is 12.9. The fraction of sp³-hybridized carbons (Fsp3) is 0.368. The number of fused-ring (bicyclic) bond motifs is 1. The normalized spacial score (nSPS) is 15.1. The zero-order valence-electron chi connectivity index (χ0n) is 12.9. The van der Waals surface area contributed by atoms with Gasteiger partial charge in [0.15, 0.2) is 0 Å². The highest BCUT2D eigenvalue weighted by molar-refractivity contribution is 5.59. The molecule has 2 nitrogen and oxygen atoms in total. The number of para-hydroxylation sites is 1. The second-order valence-corrected chi connectivity index (χ2v) is 5.94. The Morgan fingerprint density at radius 1 is 1.14 bits per heavy atom. The molecule has 110 valence electrons. The Balaban J connectivity index is 1.72. The maximum absolute atomic E-state index is 3.67. The molecule has 0 fully saturated rings. The van der Waals surface area contributed by atoms with Crippen LogP contribution in [0.4, 0.5) is 5.69 Å². The van der Waals surface area contributed by atoms with Crippen LogP contribution in [0.3, 0.4) is 0 Å². The highest BCUT2D eigenvalue weighted by atomic mass is 14.9. The number of benzene rings is 2. The molecule has 0 aromatic heterocycles. The molecule has 0 radical (unpaired) electrons. The summed E-state index contributed by atoms with van der Waals surface area (Å²) >= 11 is 0. The molecule has 1 aliphatic rings. The Bertz CT molecular complexity index is 619. The Morgan fingerprint density at radius 3 is 2.86 bits per heavy atom. The van der Waals surface area contributed by atoms with Crippen molar-refractivity contribution in [3.63, 3.8) is 0 Å². The van der Waals surface area contributed by atoms with Crippen LogP contribution in [0, 0.1) is 6.92 Å². The maximum atomic E-state index is 3.67. The van der Waals surface area contributed by atoms with E-state index in [0.717, 1.165) is 13.1 Å². The third-order valence-electron chi connectivity index (χ3n) is 4.42. The van der Waals surface area contributed by atoms with Gasteiger partial charge in [-0.15, -0.1) is 0 Å². The summed E-state index contributed by atoms with van der Waals surface area (Å²) in [4.78, 5) is 0. The summed E-state index contributed by atoms with van der Waals surface area (Å²) in [7, 11) is 0. The second-order valence-electron chi connectivity index (χ2n) is 5.94. The first-order chi connectivity index (χ1) is 10.3. The van der Waals surface area contributed by atoms with Gasteiger partial charge in [-0.2, -0.15) is 0 Å². The van der Waals surface area contributed by atoms with Gasteiger partial charge in [0.1, 0.15) is 0 Å². The van der Waals surface area contributed by atoms with Crippen molar-refractivity contribution in [3.05, 3.63) is 64.7 Å². The first kappa shape index (κ1) is 14.2. The highest BCUT2D eigenvalue weighted by Gasteiger charge is 2.13. The average Bonchev–Trinajstić information content (AvgIpc) is 2.53. The molecule has 0 bridgehead atoms. The van der Waals surface area contributed by atoms with Crippen LogP contribution in [0.2, 0.25) is 0 Å². The number of rotatable bonds is 4. The summed E-state index contributed by atoms with van der Waals surface area (Å²) in [5.41, 5.74) is 6.94. The quantitative estimate of drug-likeness (QED) is 0.877. The maximum Gasteiger partial charge on any atom is 0.0418 e. The molecular formula is C19H24N2. The minimum absolute atomic E-state index is 0.366. The summed E-state index contributed by atoms with van der Waals surface area (Å²) in [6.45, 7) is 6.42. The van der Waals surface area contributed by atoms with Gasteiger partial charge < -0.3 is 10.6 Å². The van der Waals surface area contributed by atoms with Crippen LogP contribution in [0.25, 0.3) is 0 Å². The van der Waals surface area contributed by atoms with Gasteiger partial charge in [-0.3, -0.25) is 0 Å². The minimum atomic E-state index is 0.366. The molecule has 2 N–H and O–H groups in total. The molecule has 1 aliphatic heterocycles. The lowest BCUT2D eigenvalue weighted by Crippen LogP contribution is -2.21. The topological polar surface area (TPSA) is 24.1 Å². The lowest BCUT2D eigenvalue weighted by Gasteiger charge is -2.23. The summed E-state index contributed by atoms with van der Waals surface area (Å²) in [5, 5.41) is 7.23. The lowest BCUT2D eigenvalue weighted by molar-refractivity contribution is 0.572. The van der Waals surface area contributed by atoms with Gasteiger partial charge in [0, 0.05) is 24.8 Å². The Morgan fingerprint density at radius 2 is 2.00 bits per heavy atom. The molecule has 2 aromatic rings. The van der Waals surface area contributed by atoms with Crippen molar-refractivity contribution < 1.29 is 0 Å². The van der Waals surface area contributed by atoms with Crippen LogP contribution in [-0.4, -0.2) is 6.54 Å². The van der Waals surface area contributed by atoms with Crippen LogP contribution in [-0.2, 0) is 13.0 Å². The van der Waals surface area contributed by atoms with Crippen molar-refractivity contribution >= 4 is 5.69 Å². The Kier molecular flexibility index (Phi) is 4.26. The predicted molar refractivity (Wildman–Crippen MR) is 89.7 cm³/mol. The standard InChI is InChI=1S/C19H24N2/c1-14-7-3-4-11-18(14)15(2)21-13-17-9-5-8-16-10-6-12-20-19(16)17/h3-5,7-9,11,15,20-21H,6,10,12-13H2,1-2H3/t15-/m1/s1. The first-order valence-corrected chi connectivity index (χ1v) is 7.89. The van der Waals surface area contributed by atoms with Crippen LogP contribution < -0.4 is 10.6 Å². The first-order valence-electron chi connectivity index (χ1n) is 7.89. The SMILES string of the molecule is Cc1ccccc1[C@@H](C)NCc1cccc2c1NCCC2. The van der Waals surface area contributed by atoms with Crippen molar-refractivity contribution in [2.45, 2.75) is 39.3 Å². The van der Waals surface area contributed by atoms with Crippen LogP contribution in [0.15, 0.2) is 42.5 Å². The van der Waals surface area contributed by atoms with Gasteiger partial charge in [0.25, 0.3) is 0 Å². The van der Waals surface area contributed by atoms with Crippen molar-refractivity contribution in [2.24, 2.45) is 0 Å². The van der Waals surface area contributed by atoms with E-state index in [1.165, 1.54) is 40.8 Å². The van der Waals surface area contributed by atoms with E-state index in [1.807, 2.05) is 0 Å². The van der Waals surface area contributed by atoms with Crippen molar-refractivity contribution in [1.82, 2.24) is 5.32 Å². The van der Waals surface area contributed by atoms with E-state index in [4.69, 9.17) is 0 Å². The molecule has 1 atom stereocenters. The number of aryl methyl sites for hydroxylation is 2. The van der Waals surface area contributed by atoms with Crippen LogP contribution in [0.1, 0.15) is 41.6 Å². The number of hydrogen-bond donors (Lipinski definition) is 2. The van der Waals surface area contributed by atoms with E-state index >= 15 is 0 Å².